The molecule has 152 valence electrons. The van der Waals surface area contributed by atoms with Crippen LogP contribution in [0, 0.1) is 27.7 Å². The van der Waals surface area contributed by atoms with E-state index in [1.807, 2.05) is 25.3 Å². The Kier molecular flexibility index (Phi) is 4.90. The Bertz CT molecular complexity index is 1340. The molecule has 0 aromatic carbocycles. The van der Waals surface area contributed by atoms with E-state index in [1.54, 1.807) is 29.1 Å². The molecule has 7 nitrogen and oxygen atoms in total. The molecule has 29 heavy (non-hydrogen) atoms. The highest BCUT2D eigenvalue weighted by atomic mass is 32.2. The summed E-state index contributed by atoms with van der Waals surface area (Å²) in [5.74, 6) is 0.894. The molecule has 9 heteroatoms. The van der Waals surface area contributed by atoms with E-state index in [2.05, 4.69) is 23.9 Å². The molecule has 0 saturated heterocycles. The number of rotatable bonds is 4. The van der Waals surface area contributed by atoms with E-state index in [0.717, 1.165) is 22.3 Å². The van der Waals surface area contributed by atoms with Crippen LogP contribution in [0.15, 0.2) is 28.1 Å². The highest BCUT2D eigenvalue weighted by Gasteiger charge is 2.26. The third-order valence-corrected chi connectivity index (χ3v) is 7.81. The van der Waals surface area contributed by atoms with Crippen molar-refractivity contribution in [2.75, 3.05) is 12.0 Å². The van der Waals surface area contributed by atoms with Gasteiger partial charge in [0.25, 0.3) is 0 Å². The number of nitrogens with zero attached hydrogens (tertiary/aromatic N) is 5. The van der Waals surface area contributed by atoms with Crippen molar-refractivity contribution in [3.8, 4) is 11.5 Å². The molecule has 4 aromatic rings. The molecular weight excluding hydrogens is 406 g/mol. The normalized spacial score (nSPS) is 14.0. The van der Waals surface area contributed by atoms with Crippen LogP contribution in [0.4, 0.5) is 0 Å². The zero-order valence-corrected chi connectivity index (χ0v) is 18.9. The molecule has 2 atom stereocenters. The number of hydrogen-bond donors (Lipinski definition) is 0. The molecule has 0 amide bonds. The lowest BCUT2D eigenvalue weighted by atomic mass is 10.0. The summed E-state index contributed by atoms with van der Waals surface area (Å²) in [6.45, 7) is 10.1. The van der Waals surface area contributed by atoms with E-state index < -0.39 is 21.6 Å². The second-order valence-electron chi connectivity index (χ2n) is 7.09. The van der Waals surface area contributed by atoms with Gasteiger partial charge in [0.2, 0.25) is 5.82 Å². The zero-order chi connectivity index (χ0) is 21.0. The Hall–Kier alpha value is -2.39. The maximum absolute atomic E-state index is 13.1. The van der Waals surface area contributed by atoms with Gasteiger partial charge in [-0.2, -0.15) is 5.10 Å². The van der Waals surface area contributed by atoms with E-state index in [9.17, 15) is 8.42 Å². The number of hydrogen-bond acceptors (Lipinski definition) is 5. The lowest BCUT2D eigenvalue weighted by Gasteiger charge is -2.12. The Labute approximate surface area is 174 Å². The van der Waals surface area contributed by atoms with Gasteiger partial charge in [-0.15, -0.1) is 5.10 Å². The average molecular weight is 430 g/mol. The molecule has 4 heterocycles. The first-order valence-electron chi connectivity index (χ1n) is 9.32. The van der Waals surface area contributed by atoms with E-state index in [1.165, 1.54) is 5.56 Å². The Morgan fingerprint density at radius 2 is 1.76 bits per heavy atom. The van der Waals surface area contributed by atoms with Crippen LogP contribution in [0.25, 0.3) is 22.7 Å². The van der Waals surface area contributed by atoms with Crippen molar-refractivity contribution < 1.29 is 8.42 Å². The zero-order valence-electron chi connectivity index (χ0n) is 17.3. The van der Waals surface area contributed by atoms with Crippen LogP contribution >= 0.6 is 0 Å². The van der Waals surface area contributed by atoms with Gasteiger partial charge in [0.1, 0.15) is 5.69 Å². The van der Waals surface area contributed by atoms with Gasteiger partial charge < -0.3 is 0 Å². The highest BCUT2D eigenvalue weighted by molar-refractivity contribution is 7.85. The van der Waals surface area contributed by atoms with E-state index >= 15 is 0 Å². The summed E-state index contributed by atoms with van der Waals surface area (Å²) in [6, 6.07) is 3.51. The van der Waals surface area contributed by atoms with Gasteiger partial charge >= 0.3 is 0 Å². The first-order valence-corrected chi connectivity index (χ1v) is 12.2. The second-order valence-corrected chi connectivity index (χ2v) is 10.1. The summed E-state index contributed by atoms with van der Waals surface area (Å²) in [7, 11) is -2.34. The second kappa shape index (κ2) is 7.14. The summed E-state index contributed by atoms with van der Waals surface area (Å²) in [5.41, 5.74) is 6.40. The SMILES string of the molecule is CCS(=O)c1c(-c2nc3cc(S(C)=O)ccn3n2)nn2c(C)c(C)c(C)c(C)c12. The largest absolute Gasteiger partial charge is 0.255 e. The molecule has 0 N–H and O–H groups in total. The lowest BCUT2D eigenvalue weighted by Crippen LogP contribution is -2.03. The molecule has 0 saturated carbocycles. The standard InChI is InChI=1S/C20H23N5O2S2/c1-7-29(27)19-17(22-25-14(5)12(3)11(2)13(4)18(19)25)20-21-16-10-15(28(6)26)8-9-24(16)23-20/h8-10H,7H2,1-6H3. The molecule has 0 radical (unpaired) electrons. The minimum absolute atomic E-state index is 0.415. The Balaban J connectivity index is 2.07. The topological polar surface area (TPSA) is 81.6 Å². The van der Waals surface area contributed by atoms with Crippen LogP contribution < -0.4 is 0 Å². The molecule has 0 aliphatic carbocycles. The van der Waals surface area contributed by atoms with Gasteiger partial charge in [0, 0.05) is 39.6 Å². The fourth-order valence-corrected chi connectivity index (χ4v) is 5.13. The minimum atomic E-state index is -1.23. The Morgan fingerprint density at radius 1 is 1.03 bits per heavy atom. The molecular formula is C20H23N5O2S2. The maximum Gasteiger partial charge on any atom is 0.203 e. The van der Waals surface area contributed by atoms with Crippen molar-refractivity contribution in [1.82, 2.24) is 24.2 Å². The molecule has 0 bridgehead atoms. The van der Waals surface area contributed by atoms with Crippen LogP contribution in [-0.2, 0) is 21.6 Å². The molecule has 0 spiro atoms. The van der Waals surface area contributed by atoms with E-state index in [0.29, 0.717) is 32.7 Å². The van der Waals surface area contributed by atoms with Gasteiger partial charge in [0.05, 0.1) is 21.2 Å². The summed E-state index contributed by atoms with van der Waals surface area (Å²) in [6.07, 6.45) is 3.36. The van der Waals surface area contributed by atoms with Crippen molar-refractivity contribution in [3.05, 3.63) is 40.7 Å². The fraction of sp³-hybridized carbons (Fsp3) is 0.350. The third kappa shape index (κ3) is 3.03. The first-order chi connectivity index (χ1) is 13.7. The van der Waals surface area contributed by atoms with Crippen molar-refractivity contribution in [3.63, 3.8) is 0 Å². The summed E-state index contributed by atoms with van der Waals surface area (Å²) in [5, 5.41) is 9.35. The van der Waals surface area contributed by atoms with Gasteiger partial charge in [-0.25, -0.2) is 14.0 Å². The van der Waals surface area contributed by atoms with Crippen LogP contribution in [0.1, 0.15) is 29.3 Å². The van der Waals surface area contributed by atoms with E-state index in [4.69, 9.17) is 5.10 Å². The van der Waals surface area contributed by atoms with Crippen molar-refractivity contribution in [2.45, 2.75) is 44.4 Å². The van der Waals surface area contributed by atoms with Crippen LogP contribution in [-0.4, -0.2) is 44.6 Å². The molecule has 4 rings (SSSR count). The maximum atomic E-state index is 13.1. The third-order valence-electron chi connectivity index (χ3n) is 5.53. The van der Waals surface area contributed by atoms with Gasteiger partial charge in [-0.3, -0.25) is 8.42 Å². The number of aryl methyl sites for hydroxylation is 2. The molecule has 0 aliphatic rings. The lowest BCUT2D eigenvalue weighted by molar-refractivity contribution is 0.684. The van der Waals surface area contributed by atoms with Gasteiger partial charge in [-0.1, -0.05) is 6.92 Å². The smallest absolute Gasteiger partial charge is 0.203 e. The summed E-state index contributed by atoms with van der Waals surface area (Å²) in [4.78, 5) is 5.96. The van der Waals surface area contributed by atoms with Gasteiger partial charge in [-0.05, 0) is 56.5 Å². The van der Waals surface area contributed by atoms with Crippen LogP contribution in [0.2, 0.25) is 0 Å². The number of aromatic nitrogens is 5. The van der Waals surface area contributed by atoms with Crippen molar-refractivity contribution >= 4 is 32.8 Å². The van der Waals surface area contributed by atoms with Crippen molar-refractivity contribution in [2.24, 2.45) is 0 Å². The molecule has 0 aliphatic heterocycles. The minimum Gasteiger partial charge on any atom is -0.255 e. The van der Waals surface area contributed by atoms with Gasteiger partial charge in [0.15, 0.2) is 5.65 Å². The highest BCUT2D eigenvalue weighted by Crippen LogP contribution is 2.33. The first kappa shape index (κ1) is 19.9. The van der Waals surface area contributed by atoms with E-state index in [-0.39, 0.29) is 0 Å². The van der Waals surface area contributed by atoms with Crippen molar-refractivity contribution in [1.29, 1.82) is 0 Å². The molecule has 0 fully saturated rings. The summed E-state index contributed by atoms with van der Waals surface area (Å²) >= 11 is 0. The quantitative estimate of drug-likeness (QED) is 0.498. The number of fused-ring (bicyclic) bond motifs is 2. The molecule has 4 aromatic heterocycles. The van der Waals surface area contributed by atoms with Crippen LogP contribution in [0.3, 0.4) is 0 Å². The average Bonchev–Trinajstić information content (AvgIpc) is 3.30. The Morgan fingerprint density at radius 3 is 2.41 bits per heavy atom. The molecule has 2 unspecified atom stereocenters. The fourth-order valence-electron chi connectivity index (χ4n) is 3.51. The predicted molar refractivity (Wildman–Crippen MR) is 115 cm³/mol. The van der Waals surface area contributed by atoms with Crippen LogP contribution in [0.5, 0.6) is 0 Å². The summed E-state index contributed by atoms with van der Waals surface area (Å²) < 4.78 is 28.4. The predicted octanol–water partition coefficient (Wildman–Crippen LogP) is 3.14. The monoisotopic (exact) mass is 429 g/mol. The number of pyridine rings is 2.